The van der Waals surface area contributed by atoms with Crippen LogP contribution < -0.4 is 10.6 Å². The molecule has 0 rings (SSSR count). The Labute approximate surface area is 98.9 Å². The van der Waals surface area contributed by atoms with Gasteiger partial charge in [0.25, 0.3) is 0 Å². The van der Waals surface area contributed by atoms with Crippen LogP contribution >= 0.6 is 0 Å². The Balaban J connectivity index is 3.56. The smallest absolute Gasteiger partial charge is 0.385 e. The highest BCUT2D eigenvalue weighted by Crippen LogP contribution is 2.20. The number of halogens is 3. The molecule has 0 aromatic carbocycles. The zero-order chi connectivity index (χ0) is 13.3. The summed E-state index contributed by atoms with van der Waals surface area (Å²) in [6.07, 6.45) is -4.47. The second kappa shape index (κ2) is 8.30. The van der Waals surface area contributed by atoms with Gasteiger partial charge in [-0.3, -0.25) is 4.79 Å². The molecule has 1 amide bonds. The van der Waals surface area contributed by atoms with Gasteiger partial charge in [0.1, 0.15) is 0 Å². The third kappa shape index (κ3) is 11.4. The summed E-state index contributed by atoms with van der Waals surface area (Å²) in [7, 11) is 1.56. The lowest BCUT2D eigenvalue weighted by Gasteiger charge is -2.15. The molecule has 0 aromatic rings. The molecule has 1 atom stereocenters. The van der Waals surface area contributed by atoms with Crippen molar-refractivity contribution in [2.45, 2.75) is 32.0 Å². The second-order valence-corrected chi connectivity index (χ2v) is 3.80. The molecule has 7 heteroatoms. The molecule has 0 fully saturated rings. The minimum atomic E-state index is -4.21. The normalized spacial score (nSPS) is 13.5. The molecular weight excluding hydrogens is 237 g/mol. The van der Waals surface area contributed by atoms with Crippen molar-refractivity contribution in [2.24, 2.45) is 0 Å². The maximum atomic E-state index is 12.0. The van der Waals surface area contributed by atoms with Crippen LogP contribution in [-0.4, -0.2) is 44.9 Å². The molecule has 102 valence electrons. The van der Waals surface area contributed by atoms with Gasteiger partial charge in [0.05, 0.1) is 13.0 Å². The van der Waals surface area contributed by atoms with Gasteiger partial charge in [-0.1, -0.05) is 0 Å². The van der Waals surface area contributed by atoms with Gasteiger partial charge in [-0.25, -0.2) is 0 Å². The minimum absolute atomic E-state index is 0.107. The Kier molecular flexibility index (Phi) is 7.90. The topological polar surface area (TPSA) is 50.4 Å². The molecule has 0 aliphatic rings. The van der Waals surface area contributed by atoms with Crippen LogP contribution in [0.3, 0.4) is 0 Å². The van der Waals surface area contributed by atoms with E-state index in [4.69, 9.17) is 4.74 Å². The number of hydrogen-bond acceptors (Lipinski definition) is 3. The van der Waals surface area contributed by atoms with E-state index in [-0.39, 0.29) is 12.5 Å². The number of alkyl halides is 3. The van der Waals surface area contributed by atoms with E-state index in [0.717, 1.165) is 0 Å². The molecule has 4 nitrogen and oxygen atoms in total. The first-order chi connectivity index (χ1) is 7.85. The molecule has 0 heterocycles. The molecule has 0 bridgehead atoms. The van der Waals surface area contributed by atoms with Crippen LogP contribution in [0.25, 0.3) is 0 Å². The lowest BCUT2D eigenvalue weighted by atomic mass is 10.2. The summed E-state index contributed by atoms with van der Waals surface area (Å²) in [4.78, 5) is 11.2. The summed E-state index contributed by atoms with van der Waals surface area (Å²) in [5, 5.41) is 5.09. The highest BCUT2D eigenvalue weighted by atomic mass is 19.4. The van der Waals surface area contributed by atoms with Crippen molar-refractivity contribution >= 4 is 5.91 Å². The van der Waals surface area contributed by atoms with Gasteiger partial charge in [-0.05, 0) is 13.3 Å². The van der Waals surface area contributed by atoms with Crippen molar-refractivity contribution in [3.05, 3.63) is 0 Å². The first kappa shape index (κ1) is 16.2. The van der Waals surface area contributed by atoms with Crippen molar-refractivity contribution in [2.75, 3.05) is 26.8 Å². The predicted molar refractivity (Wildman–Crippen MR) is 57.6 cm³/mol. The van der Waals surface area contributed by atoms with E-state index in [0.29, 0.717) is 19.6 Å². The Morgan fingerprint density at radius 1 is 1.41 bits per heavy atom. The van der Waals surface area contributed by atoms with Gasteiger partial charge in [-0.2, -0.15) is 13.2 Å². The van der Waals surface area contributed by atoms with Crippen molar-refractivity contribution in [3.8, 4) is 0 Å². The first-order valence-corrected chi connectivity index (χ1v) is 5.41. The number of amides is 1. The average Bonchev–Trinajstić information content (AvgIpc) is 2.19. The molecule has 0 spiro atoms. The van der Waals surface area contributed by atoms with Crippen LogP contribution in [0.5, 0.6) is 0 Å². The van der Waals surface area contributed by atoms with Crippen LogP contribution in [0.4, 0.5) is 13.2 Å². The van der Waals surface area contributed by atoms with E-state index in [2.05, 4.69) is 10.6 Å². The number of methoxy groups -OCH3 is 1. The number of carbonyl (C=O) groups is 1. The van der Waals surface area contributed by atoms with E-state index < -0.39 is 18.6 Å². The summed E-state index contributed by atoms with van der Waals surface area (Å²) < 4.78 is 40.7. The molecule has 2 N–H and O–H groups in total. The summed E-state index contributed by atoms with van der Waals surface area (Å²) in [5.74, 6) is -0.310. The third-order valence-electron chi connectivity index (χ3n) is 2.00. The number of nitrogens with one attached hydrogen (secondary N) is 2. The van der Waals surface area contributed by atoms with Gasteiger partial charge in [0.15, 0.2) is 0 Å². The Morgan fingerprint density at radius 2 is 2.06 bits per heavy atom. The number of carbonyl (C=O) groups excluding carboxylic acids is 1. The highest BCUT2D eigenvalue weighted by molar-refractivity contribution is 5.77. The van der Waals surface area contributed by atoms with E-state index in [1.54, 1.807) is 7.11 Å². The molecule has 0 aliphatic heterocycles. The van der Waals surface area contributed by atoms with Gasteiger partial charge >= 0.3 is 6.18 Å². The summed E-state index contributed by atoms with van der Waals surface area (Å²) in [6, 6.07) is -0.764. The van der Waals surface area contributed by atoms with Crippen molar-refractivity contribution in [1.29, 1.82) is 0 Å². The van der Waals surface area contributed by atoms with E-state index >= 15 is 0 Å². The van der Waals surface area contributed by atoms with E-state index in [1.807, 2.05) is 0 Å². The molecule has 0 saturated heterocycles. The van der Waals surface area contributed by atoms with Crippen LogP contribution in [0.1, 0.15) is 19.8 Å². The van der Waals surface area contributed by atoms with Crippen molar-refractivity contribution in [1.82, 2.24) is 10.6 Å². The maximum Gasteiger partial charge on any atom is 0.390 e. The Bertz CT molecular complexity index is 222. The molecular formula is C10H19F3N2O2. The second-order valence-electron chi connectivity index (χ2n) is 3.80. The van der Waals surface area contributed by atoms with E-state index in [1.165, 1.54) is 6.92 Å². The lowest BCUT2D eigenvalue weighted by Crippen LogP contribution is -2.40. The highest BCUT2D eigenvalue weighted by Gasteiger charge is 2.29. The number of hydrogen-bond donors (Lipinski definition) is 2. The van der Waals surface area contributed by atoms with Crippen LogP contribution in [-0.2, 0) is 9.53 Å². The average molecular weight is 256 g/mol. The fraction of sp³-hybridized carbons (Fsp3) is 0.900. The maximum absolute atomic E-state index is 12.0. The van der Waals surface area contributed by atoms with E-state index in [9.17, 15) is 18.0 Å². The summed E-state index contributed by atoms with van der Waals surface area (Å²) in [6.45, 7) is 2.29. The standard InChI is InChI=1S/C10H19F3N2O2/c1-8(6-10(11,12)13)15-7-9(16)14-4-3-5-17-2/h8,15H,3-7H2,1-2H3,(H,14,16). The minimum Gasteiger partial charge on any atom is -0.385 e. The summed E-state index contributed by atoms with van der Waals surface area (Å²) in [5.41, 5.74) is 0. The van der Waals surface area contributed by atoms with Crippen molar-refractivity contribution < 1.29 is 22.7 Å². The lowest BCUT2D eigenvalue weighted by molar-refractivity contribution is -0.139. The molecule has 0 aliphatic carbocycles. The fourth-order valence-corrected chi connectivity index (χ4v) is 1.19. The zero-order valence-corrected chi connectivity index (χ0v) is 10.1. The van der Waals surface area contributed by atoms with Crippen LogP contribution in [0, 0.1) is 0 Å². The molecule has 0 aromatic heterocycles. The van der Waals surface area contributed by atoms with Crippen LogP contribution in [0.2, 0.25) is 0 Å². The summed E-state index contributed by atoms with van der Waals surface area (Å²) >= 11 is 0. The molecule has 0 saturated carbocycles. The van der Waals surface area contributed by atoms with Gasteiger partial charge in [0, 0.05) is 26.3 Å². The largest absolute Gasteiger partial charge is 0.390 e. The van der Waals surface area contributed by atoms with Crippen molar-refractivity contribution in [3.63, 3.8) is 0 Å². The molecule has 1 unspecified atom stereocenters. The number of ether oxygens (including phenoxy) is 1. The monoisotopic (exact) mass is 256 g/mol. The van der Waals surface area contributed by atoms with Gasteiger partial charge < -0.3 is 15.4 Å². The molecule has 0 radical (unpaired) electrons. The number of rotatable bonds is 8. The Morgan fingerprint density at radius 3 is 2.59 bits per heavy atom. The Hall–Kier alpha value is -0.820. The fourth-order valence-electron chi connectivity index (χ4n) is 1.19. The van der Waals surface area contributed by atoms with Crippen LogP contribution in [0.15, 0.2) is 0 Å². The quantitative estimate of drug-likeness (QED) is 0.639. The van der Waals surface area contributed by atoms with Gasteiger partial charge in [0.2, 0.25) is 5.91 Å². The SMILES string of the molecule is COCCCNC(=O)CNC(C)CC(F)(F)F. The predicted octanol–water partition coefficient (Wildman–Crippen LogP) is 1.07. The third-order valence-corrected chi connectivity index (χ3v) is 2.00. The molecule has 17 heavy (non-hydrogen) atoms. The zero-order valence-electron chi connectivity index (χ0n) is 10.1. The van der Waals surface area contributed by atoms with Gasteiger partial charge in [-0.15, -0.1) is 0 Å². The first-order valence-electron chi connectivity index (χ1n) is 5.41.